The first kappa shape index (κ1) is 23.0. The number of ether oxygens (including phenoxy) is 2. The Balaban J connectivity index is 1.33. The molecule has 3 aromatic carbocycles. The van der Waals surface area contributed by atoms with Gasteiger partial charge in [-0.1, -0.05) is 48.5 Å². The smallest absolute Gasteiger partial charge is 0.306 e. The third-order valence-corrected chi connectivity index (χ3v) is 4.60. The minimum Gasteiger partial charge on any atom is -0.465 e. The Kier molecular flexibility index (Phi) is 8.77. The first-order valence-electron chi connectivity index (χ1n) is 10.2. The fourth-order valence-electron chi connectivity index (χ4n) is 2.80. The van der Waals surface area contributed by atoms with Crippen LogP contribution in [-0.2, 0) is 20.7 Å². The highest BCUT2D eigenvalue weighted by Crippen LogP contribution is 2.22. The Labute approximate surface area is 192 Å². The number of hydrogen-bond donors (Lipinski definition) is 2. The monoisotopic (exact) mass is 448 g/mol. The SMILES string of the molecule is O=C(CCC(=O)OCCc1ccccc1)NC(=S)Nc1ccc(Oc2ccccc2)cc1. The number of benzene rings is 3. The molecule has 3 aromatic rings. The fourth-order valence-corrected chi connectivity index (χ4v) is 3.03. The molecule has 1 amide bonds. The van der Waals surface area contributed by atoms with Gasteiger partial charge < -0.3 is 20.1 Å². The average molecular weight is 449 g/mol. The molecular weight excluding hydrogens is 424 g/mol. The molecule has 0 aliphatic heterocycles. The molecule has 0 aliphatic rings. The van der Waals surface area contributed by atoms with Crippen molar-refractivity contribution in [3.8, 4) is 11.5 Å². The van der Waals surface area contributed by atoms with E-state index in [1.54, 1.807) is 24.3 Å². The van der Waals surface area contributed by atoms with Gasteiger partial charge in [-0.3, -0.25) is 9.59 Å². The van der Waals surface area contributed by atoms with Crippen LogP contribution in [-0.4, -0.2) is 23.6 Å². The number of anilines is 1. The lowest BCUT2D eigenvalue weighted by Gasteiger charge is -2.11. The van der Waals surface area contributed by atoms with Crippen LogP contribution in [0.1, 0.15) is 18.4 Å². The molecule has 0 bridgehead atoms. The summed E-state index contributed by atoms with van der Waals surface area (Å²) in [5, 5.41) is 5.65. The zero-order valence-corrected chi connectivity index (χ0v) is 18.3. The Bertz CT molecular complexity index is 1020. The van der Waals surface area contributed by atoms with E-state index in [1.165, 1.54) is 0 Å². The van der Waals surface area contributed by atoms with E-state index in [4.69, 9.17) is 21.7 Å². The maximum Gasteiger partial charge on any atom is 0.306 e. The maximum absolute atomic E-state index is 12.0. The van der Waals surface area contributed by atoms with E-state index in [-0.39, 0.29) is 30.5 Å². The van der Waals surface area contributed by atoms with Gasteiger partial charge in [-0.2, -0.15) is 0 Å². The maximum atomic E-state index is 12.0. The first-order chi connectivity index (χ1) is 15.6. The predicted octanol–water partition coefficient (Wildman–Crippen LogP) is 4.86. The predicted molar refractivity (Wildman–Crippen MR) is 128 cm³/mol. The summed E-state index contributed by atoms with van der Waals surface area (Å²) >= 11 is 5.16. The zero-order chi connectivity index (χ0) is 22.6. The third kappa shape index (κ3) is 8.20. The van der Waals surface area contributed by atoms with Crippen LogP contribution in [0.2, 0.25) is 0 Å². The van der Waals surface area contributed by atoms with E-state index in [0.717, 1.165) is 11.3 Å². The molecule has 0 saturated heterocycles. The van der Waals surface area contributed by atoms with Crippen molar-refractivity contribution in [3.05, 3.63) is 90.5 Å². The summed E-state index contributed by atoms with van der Waals surface area (Å²) in [5.41, 5.74) is 1.80. The van der Waals surface area contributed by atoms with Crippen molar-refractivity contribution < 1.29 is 19.1 Å². The van der Waals surface area contributed by atoms with Crippen molar-refractivity contribution in [2.24, 2.45) is 0 Å². The lowest BCUT2D eigenvalue weighted by molar-refractivity contribution is -0.144. The highest BCUT2D eigenvalue weighted by Gasteiger charge is 2.10. The molecule has 0 aliphatic carbocycles. The van der Waals surface area contributed by atoms with Gasteiger partial charge in [0.25, 0.3) is 0 Å². The Morgan fingerprint density at radius 1 is 0.781 bits per heavy atom. The number of nitrogens with one attached hydrogen (secondary N) is 2. The third-order valence-electron chi connectivity index (χ3n) is 4.40. The van der Waals surface area contributed by atoms with Gasteiger partial charge in [-0.15, -0.1) is 0 Å². The summed E-state index contributed by atoms with van der Waals surface area (Å²) in [6, 6.07) is 26.4. The van der Waals surface area contributed by atoms with Crippen molar-refractivity contribution in [1.29, 1.82) is 0 Å². The molecule has 0 spiro atoms. The molecule has 0 saturated carbocycles. The molecule has 2 N–H and O–H groups in total. The summed E-state index contributed by atoms with van der Waals surface area (Å²) in [7, 11) is 0. The van der Waals surface area contributed by atoms with Crippen LogP contribution in [0.15, 0.2) is 84.9 Å². The van der Waals surface area contributed by atoms with Crippen LogP contribution in [0, 0.1) is 0 Å². The van der Waals surface area contributed by atoms with Crippen molar-refractivity contribution in [2.45, 2.75) is 19.3 Å². The minimum atomic E-state index is -0.413. The number of carbonyl (C=O) groups is 2. The molecule has 0 unspecified atom stereocenters. The lowest BCUT2D eigenvalue weighted by Crippen LogP contribution is -2.34. The topological polar surface area (TPSA) is 76.7 Å². The van der Waals surface area contributed by atoms with Crippen LogP contribution in [0.5, 0.6) is 11.5 Å². The highest BCUT2D eigenvalue weighted by atomic mass is 32.1. The van der Waals surface area contributed by atoms with Gasteiger partial charge in [0, 0.05) is 18.5 Å². The lowest BCUT2D eigenvalue weighted by atomic mass is 10.2. The normalized spacial score (nSPS) is 10.1. The second-order valence-corrected chi connectivity index (χ2v) is 7.31. The van der Waals surface area contributed by atoms with Gasteiger partial charge >= 0.3 is 5.97 Å². The molecule has 0 radical (unpaired) electrons. The van der Waals surface area contributed by atoms with Gasteiger partial charge in [0.05, 0.1) is 13.0 Å². The van der Waals surface area contributed by atoms with Crippen LogP contribution in [0.3, 0.4) is 0 Å². The molecule has 0 fully saturated rings. The first-order valence-corrected chi connectivity index (χ1v) is 10.6. The fraction of sp³-hybridized carbons (Fsp3) is 0.160. The Hall–Kier alpha value is -3.71. The summed E-state index contributed by atoms with van der Waals surface area (Å²) in [4.78, 5) is 23.8. The zero-order valence-electron chi connectivity index (χ0n) is 17.5. The van der Waals surface area contributed by atoms with Gasteiger partial charge in [-0.25, -0.2) is 0 Å². The Morgan fingerprint density at radius 3 is 2.09 bits per heavy atom. The highest BCUT2D eigenvalue weighted by molar-refractivity contribution is 7.80. The van der Waals surface area contributed by atoms with Gasteiger partial charge in [-0.05, 0) is 54.2 Å². The standard InChI is InChI=1S/C25H24N2O4S/c28-23(15-16-24(29)30-18-17-19-7-3-1-4-8-19)27-25(32)26-20-11-13-22(14-12-20)31-21-9-5-2-6-10-21/h1-14H,15-18H2,(H2,26,27,28,32). The van der Waals surface area contributed by atoms with E-state index >= 15 is 0 Å². The van der Waals surface area contributed by atoms with Crippen molar-refractivity contribution in [3.63, 3.8) is 0 Å². The van der Waals surface area contributed by atoms with E-state index < -0.39 is 5.97 Å². The van der Waals surface area contributed by atoms with Crippen LogP contribution in [0.4, 0.5) is 5.69 Å². The number of esters is 1. The molecule has 164 valence electrons. The van der Waals surface area contributed by atoms with Crippen LogP contribution in [0.25, 0.3) is 0 Å². The van der Waals surface area contributed by atoms with Crippen molar-refractivity contribution >= 4 is 34.9 Å². The average Bonchev–Trinajstić information content (AvgIpc) is 2.80. The van der Waals surface area contributed by atoms with E-state index in [9.17, 15) is 9.59 Å². The van der Waals surface area contributed by atoms with Crippen LogP contribution >= 0.6 is 12.2 Å². The Morgan fingerprint density at radius 2 is 1.41 bits per heavy atom. The molecule has 0 atom stereocenters. The number of rotatable bonds is 9. The molecule has 32 heavy (non-hydrogen) atoms. The van der Waals surface area contributed by atoms with Crippen molar-refractivity contribution in [1.82, 2.24) is 5.32 Å². The van der Waals surface area contributed by atoms with Gasteiger partial charge in [0.15, 0.2) is 5.11 Å². The number of para-hydroxylation sites is 1. The van der Waals surface area contributed by atoms with Crippen LogP contribution < -0.4 is 15.4 Å². The number of amides is 1. The van der Waals surface area contributed by atoms with Crippen molar-refractivity contribution in [2.75, 3.05) is 11.9 Å². The summed E-state index contributed by atoms with van der Waals surface area (Å²) in [5.74, 6) is 0.660. The van der Waals surface area contributed by atoms with E-state index in [2.05, 4.69) is 10.6 Å². The molecule has 7 heteroatoms. The van der Waals surface area contributed by atoms with Gasteiger partial charge in [0.2, 0.25) is 5.91 Å². The molecule has 0 aromatic heterocycles. The summed E-state index contributed by atoms with van der Waals surface area (Å²) in [6.45, 7) is 0.286. The quantitative estimate of drug-likeness (QED) is 0.360. The molecule has 0 heterocycles. The molecular formula is C25H24N2O4S. The minimum absolute atomic E-state index is 0.00412. The van der Waals surface area contributed by atoms with E-state index in [0.29, 0.717) is 17.9 Å². The molecule has 6 nitrogen and oxygen atoms in total. The number of hydrogen-bond acceptors (Lipinski definition) is 5. The number of carbonyl (C=O) groups excluding carboxylic acids is 2. The second-order valence-electron chi connectivity index (χ2n) is 6.90. The largest absolute Gasteiger partial charge is 0.465 e. The number of thiocarbonyl (C=S) groups is 1. The summed E-state index contributed by atoms with van der Waals surface area (Å²) < 4.78 is 10.9. The molecule has 3 rings (SSSR count). The summed E-state index contributed by atoms with van der Waals surface area (Å²) in [6.07, 6.45) is 0.632. The van der Waals surface area contributed by atoms with Gasteiger partial charge in [0.1, 0.15) is 11.5 Å². The van der Waals surface area contributed by atoms with E-state index in [1.807, 2.05) is 60.7 Å². The second kappa shape index (κ2) is 12.2.